The summed E-state index contributed by atoms with van der Waals surface area (Å²) in [4.78, 5) is 19.8. The maximum Gasteiger partial charge on any atom is 0.253 e. The zero-order valence-corrected chi connectivity index (χ0v) is 17.9. The Bertz CT molecular complexity index is 990. The molecule has 0 N–H and O–H groups in total. The fourth-order valence-electron chi connectivity index (χ4n) is 4.62. The van der Waals surface area contributed by atoms with E-state index in [2.05, 4.69) is 76.5 Å². The van der Waals surface area contributed by atoms with Crippen LogP contribution in [-0.4, -0.2) is 61.0 Å². The first-order valence-electron chi connectivity index (χ1n) is 11.2. The Morgan fingerprint density at radius 1 is 0.710 bits per heavy atom. The maximum absolute atomic E-state index is 12.9. The van der Waals surface area contributed by atoms with E-state index in [0.29, 0.717) is 6.04 Å². The van der Waals surface area contributed by atoms with Crippen LogP contribution in [0.5, 0.6) is 0 Å². The molecule has 3 aromatic carbocycles. The van der Waals surface area contributed by atoms with Gasteiger partial charge < -0.3 is 9.80 Å². The minimum absolute atomic E-state index is 0.158. The Kier molecular flexibility index (Phi) is 5.72. The first-order valence-corrected chi connectivity index (χ1v) is 11.2. The molecule has 2 fully saturated rings. The number of hydrogen-bond acceptors (Lipinski definition) is 3. The summed E-state index contributed by atoms with van der Waals surface area (Å²) in [7, 11) is 0. The predicted octanol–water partition coefficient (Wildman–Crippen LogP) is 3.92. The van der Waals surface area contributed by atoms with Gasteiger partial charge in [0.1, 0.15) is 0 Å². The van der Waals surface area contributed by atoms with E-state index in [4.69, 9.17) is 0 Å². The third-order valence-corrected chi connectivity index (χ3v) is 6.55. The van der Waals surface area contributed by atoms with Crippen LogP contribution in [0.15, 0.2) is 84.9 Å². The Morgan fingerprint density at radius 2 is 1.29 bits per heavy atom. The van der Waals surface area contributed by atoms with Gasteiger partial charge in [-0.25, -0.2) is 0 Å². The van der Waals surface area contributed by atoms with Crippen molar-refractivity contribution < 1.29 is 4.79 Å². The molecule has 3 aromatic rings. The number of likely N-dealkylation sites (tertiary alicyclic amines) is 1. The summed E-state index contributed by atoms with van der Waals surface area (Å²) in [6.07, 6.45) is 0.899. The van der Waals surface area contributed by atoms with Crippen molar-refractivity contribution in [3.8, 4) is 0 Å². The Hall–Kier alpha value is -3.11. The number of hydrogen-bond donors (Lipinski definition) is 0. The van der Waals surface area contributed by atoms with Crippen LogP contribution in [-0.2, 0) is 6.42 Å². The van der Waals surface area contributed by atoms with Gasteiger partial charge in [0.15, 0.2) is 0 Å². The number of amides is 1. The van der Waals surface area contributed by atoms with E-state index in [1.54, 1.807) is 0 Å². The lowest BCUT2D eigenvalue weighted by Gasteiger charge is -2.48. The van der Waals surface area contributed by atoms with E-state index in [1.165, 1.54) is 16.8 Å². The number of carbonyl (C=O) groups excluding carboxylic acids is 1. The molecule has 2 heterocycles. The second kappa shape index (κ2) is 8.94. The molecule has 158 valence electrons. The first kappa shape index (κ1) is 19.8. The predicted molar refractivity (Wildman–Crippen MR) is 126 cm³/mol. The van der Waals surface area contributed by atoms with Crippen LogP contribution < -0.4 is 4.90 Å². The molecule has 2 aliphatic rings. The lowest BCUT2D eigenvalue weighted by Crippen LogP contribution is -2.64. The summed E-state index contributed by atoms with van der Waals surface area (Å²) in [5.74, 6) is 0.158. The minimum atomic E-state index is 0.158. The summed E-state index contributed by atoms with van der Waals surface area (Å²) in [5.41, 5.74) is 4.63. The average molecular weight is 412 g/mol. The molecule has 0 saturated carbocycles. The van der Waals surface area contributed by atoms with Crippen LogP contribution in [0.2, 0.25) is 0 Å². The van der Waals surface area contributed by atoms with Crippen LogP contribution in [0.3, 0.4) is 0 Å². The molecule has 2 aliphatic heterocycles. The number of rotatable bonds is 5. The molecule has 0 aliphatic carbocycles. The molecule has 5 rings (SSSR count). The quantitative estimate of drug-likeness (QED) is 0.637. The topological polar surface area (TPSA) is 26.8 Å². The zero-order valence-electron chi connectivity index (χ0n) is 17.9. The summed E-state index contributed by atoms with van der Waals surface area (Å²) in [6, 6.07) is 29.7. The van der Waals surface area contributed by atoms with Gasteiger partial charge in [-0.15, -0.1) is 0 Å². The smallest absolute Gasteiger partial charge is 0.253 e. The van der Waals surface area contributed by atoms with Crippen molar-refractivity contribution in [1.29, 1.82) is 0 Å². The van der Waals surface area contributed by atoms with E-state index in [0.717, 1.165) is 51.3 Å². The van der Waals surface area contributed by atoms with E-state index < -0.39 is 0 Å². The second-order valence-electron chi connectivity index (χ2n) is 8.58. The van der Waals surface area contributed by atoms with Gasteiger partial charge in [-0.05, 0) is 41.8 Å². The van der Waals surface area contributed by atoms with Crippen molar-refractivity contribution in [1.82, 2.24) is 9.80 Å². The lowest BCUT2D eigenvalue weighted by molar-refractivity contribution is 0.0247. The van der Waals surface area contributed by atoms with Crippen LogP contribution in [0, 0.1) is 0 Å². The lowest BCUT2D eigenvalue weighted by atomic mass is 10.0. The fraction of sp³-hybridized carbons (Fsp3) is 0.296. The summed E-state index contributed by atoms with van der Waals surface area (Å²) >= 11 is 0. The molecule has 0 spiro atoms. The Morgan fingerprint density at radius 3 is 1.94 bits per heavy atom. The van der Waals surface area contributed by atoms with Gasteiger partial charge in [0, 0.05) is 56.6 Å². The van der Waals surface area contributed by atoms with Crippen molar-refractivity contribution >= 4 is 11.6 Å². The number of carbonyl (C=O) groups is 1. The molecule has 2 saturated heterocycles. The zero-order chi connectivity index (χ0) is 21.0. The van der Waals surface area contributed by atoms with Crippen LogP contribution in [0.25, 0.3) is 0 Å². The number of anilines is 1. The van der Waals surface area contributed by atoms with E-state index >= 15 is 0 Å². The molecule has 0 atom stereocenters. The van der Waals surface area contributed by atoms with Gasteiger partial charge >= 0.3 is 0 Å². The molecule has 4 nitrogen and oxygen atoms in total. The highest BCUT2D eigenvalue weighted by atomic mass is 16.2. The monoisotopic (exact) mass is 411 g/mol. The van der Waals surface area contributed by atoms with Gasteiger partial charge in [0.2, 0.25) is 0 Å². The SMILES string of the molecule is O=C(c1ccc(Cc2ccccc2)cc1)N1CC(N2CCN(c3ccccc3)CC2)C1. The third kappa shape index (κ3) is 4.49. The van der Waals surface area contributed by atoms with Gasteiger partial charge in [0.05, 0.1) is 0 Å². The van der Waals surface area contributed by atoms with Crippen LogP contribution >= 0.6 is 0 Å². The molecular weight excluding hydrogens is 382 g/mol. The highest BCUT2D eigenvalue weighted by Gasteiger charge is 2.36. The molecule has 4 heteroatoms. The maximum atomic E-state index is 12.9. The molecule has 0 radical (unpaired) electrons. The summed E-state index contributed by atoms with van der Waals surface area (Å²) in [5, 5.41) is 0. The standard InChI is InChI=1S/C27H29N3O/c31-27(24-13-11-23(12-14-24)19-22-7-3-1-4-8-22)30-20-26(21-30)29-17-15-28(16-18-29)25-9-5-2-6-10-25/h1-14,26H,15-21H2. The van der Waals surface area contributed by atoms with Crippen molar-refractivity contribution in [3.63, 3.8) is 0 Å². The molecule has 0 bridgehead atoms. The van der Waals surface area contributed by atoms with Crippen molar-refractivity contribution in [2.24, 2.45) is 0 Å². The van der Waals surface area contributed by atoms with E-state index in [-0.39, 0.29) is 5.91 Å². The molecule has 0 unspecified atom stereocenters. The number of benzene rings is 3. The average Bonchev–Trinajstić information content (AvgIpc) is 2.80. The molecular formula is C27H29N3O. The Balaban J connectivity index is 1.10. The van der Waals surface area contributed by atoms with Gasteiger partial charge in [-0.1, -0.05) is 60.7 Å². The van der Waals surface area contributed by atoms with E-state index in [1.807, 2.05) is 23.1 Å². The normalized spacial score (nSPS) is 17.4. The second-order valence-corrected chi connectivity index (χ2v) is 8.58. The van der Waals surface area contributed by atoms with Crippen molar-refractivity contribution in [2.75, 3.05) is 44.2 Å². The van der Waals surface area contributed by atoms with Crippen LogP contribution in [0.1, 0.15) is 21.5 Å². The summed E-state index contributed by atoms with van der Waals surface area (Å²) < 4.78 is 0. The first-order chi connectivity index (χ1) is 15.3. The fourth-order valence-corrected chi connectivity index (χ4v) is 4.62. The minimum Gasteiger partial charge on any atom is -0.369 e. The van der Waals surface area contributed by atoms with Crippen molar-refractivity contribution in [3.05, 3.63) is 102 Å². The highest BCUT2D eigenvalue weighted by Crippen LogP contribution is 2.22. The van der Waals surface area contributed by atoms with Crippen LogP contribution in [0.4, 0.5) is 5.69 Å². The largest absolute Gasteiger partial charge is 0.369 e. The summed E-state index contributed by atoms with van der Waals surface area (Å²) in [6.45, 7) is 5.92. The number of piperazine rings is 1. The van der Waals surface area contributed by atoms with Crippen molar-refractivity contribution in [2.45, 2.75) is 12.5 Å². The number of para-hydroxylation sites is 1. The molecule has 31 heavy (non-hydrogen) atoms. The van der Waals surface area contributed by atoms with Gasteiger partial charge in [0.25, 0.3) is 5.91 Å². The number of nitrogens with zero attached hydrogens (tertiary/aromatic N) is 3. The molecule has 0 aromatic heterocycles. The van der Waals surface area contributed by atoms with Gasteiger partial charge in [-0.3, -0.25) is 9.69 Å². The molecule has 1 amide bonds. The van der Waals surface area contributed by atoms with Gasteiger partial charge in [-0.2, -0.15) is 0 Å². The highest BCUT2D eigenvalue weighted by molar-refractivity contribution is 5.94. The third-order valence-electron chi connectivity index (χ3n) is 6.55. The Labute approximate surface area is 184 Å². The van der Waals surface area contributed by atoms with E-state index in [9.17, 15) is 4.79 Å².